The molecule has 0 aliphatic carbocycles. The number of benzene rings is 7. The molecule has 0 aliphatic rings. The van der Waals surface area contributed by atoms with Crippen LogP contribution in [0.4, 0.5) is 0 Å². The Morgan fingerprint density at radius 2 is 0.935 bits per heavy atom. The zero-order valence-corrected chi connectivity index (χ0v) is 24.5. The highest BCUT2D eigenvalue weighted by Crippen LogP contribution is 2.41. The van der Waals surface area contributed by atoms with Crippen LogP contribution >= 0.6 is 0 Å². The van der Waals surface area contributed by atoms with E-state index < -0.39 is 0 Å². The van der Waals surface area contributed by atoms with Gasteiger partial charge in [0.15, 0.2) is 0 Å². The van der Waals surface area contributed by atoms with Crippen LogP contribution in [0.25, 0.3) is 104 Å². The summed E-state index contributed by atoms with van der Waals surface area (Å²) in [4.78, 5) is 0. The highest BCUT2D eigenvalue weighted by Gasteiger charge is 2.18. The van der Waals surface area contributed by atoms with E-state index in [4.69, 9.17) is 13.3 Å². The number of hydrogen-bond acceptors (Lipinski definition) is 3. The Balaban J connectivity index is 1.09. The molecule has 0 atom stereocenters. The molecule has 46 heavy (non-hydrogen) atoms. The van der Waals surface area contributed by atoms with Gasteiger partial charge in [-0.15, -0.1) is 0 Å². The molecule has 0 saturated heterocycles. The molecule has 0 N–H and O–H groups in total. The smallest absolute Gasteiger partial charge is 0.143 e. The van der Waals surface area contributed by atoms with Crippen LogP contribution in [0.15, 0.2) is 153 Å². The fourth-order valence-electron chi connectivity index (χ4n) is 7.52. The van der Waals surface area contributed by atoms with Crippen molar-refractivity contribution in [2.45, 2.75) is 0 Å². The van der Waals surface area contributed by atoms with Gasteiger partial charge in [-0.2, -0.15) is 0 Å². The number of rotatable bonds is 2. The molecule has 0 aliphatic heterocycles. The molecule has 0 bridgehead atoms. The molecule has 0 saturated carbocycles. The van der Waals surface area contributed by atoms with E-state index in [9.17, 15) is 0 Å². The number of nitrogens with zero attached hydrogens (tertiary/aromatic N) is 1. The monoisotopic (exact) mass is 589 g/mol. The Hall–Kier alpha value is -6.26. The number of fused-ring (bicyclic) bond motifs is 12. The largest absolute Gasteiger partial charge is 0.456 e. The third kappa shape index (κ3) is 3.17. The van der Waals surface area contributed by atoms with Gasteiger partial charge >= 0.3 is 0 Å². The molecular formula is C42H23NO3. The normalized spacial score (nSPS) is 12.3. The van der Waals surface area contributed by atoms with Crippen molar-refractivity contribution in [1.82, 2.24) is 4.57 Å². The van der Waals surface area contributed by atoms with E-state index in [1.807, 2.05) is 12.1 Å². The molecule has 0 radical (unpaired) electrons. The van der Waals surface area contributed by atoms with Crippen LogP contribution < -0.4 is 0 Å². The molecule has 4 heterocycles. The molecular weight excluding hydrogens is 566 g/mol. The first-order valence-electron chi connectivity index (χ1n) is 15.5. The molecule has 4 aromatic heterocycles. The van der Waals surface area contributed by atoms with E-state index in [0.29, 0.717) is 0 Å². The second-order valence-corrected chi connectivity index (χ2v) is 12.1. The average molecular weight is 590 g/mol. The summed E-state index contributed by atoms with van der Waals surface area (Å²) in [6, 6.07) is 48.8. The Morgan fingerprint density at radius 1 is 0.348 bits per heavy atom. The van der Waals surface area contributed by atoms with Crippen molar-refractivity contribution in [2.24, 2.45) is 0 Å². The quantitative estimate of drug-likeness (QED) is 0.201. The summed E-state index contributed by atoms with van der Waals surface area (Å²) in [5.41, 5.74) is 10.8. The van der Waals surface area contributed by atoms with Crippen LogP contribution in [-0.2, 0) is 0 Å². The fraction of sp³-hybridized carbons (Fsp3) is 0. The van der Waals surface area contributed by atoms with Gasteiger partial charge in [-0.05, 0) is 60.2 Å². The number of hydrogen-bond donors (Lipinski definition) is 0. The van der Waals surface area contributed by atoms with E-state index >= 15 is 0 Å². The second kappa shape index (κ2) is 8.68. The van der Waals surface area contributed by atoms with Crippen LogP contribution in [0, 0.1) is 0 Å². The summed E-state index contributed by atoms with van der Waals surface area (Å²) < 4.78 is 21.7. The molecule has 0 unspecified atom stereocenters. The summed E-state index contributed by atoms with van der Waals surface area (Å²) >= 11 is 0. The van der Waals surface area contributed by atoms with Crippen molar-refractivity contribution in [3.05, 3.63) is 140 Å². The standard InChI is InChI=1S/C42H23NO3/c1-4-13-35-27(8-1)28-9-2-5-14-36(28)43(35)25-17-18-30-33-22-41-34(23-40(33)45-39(30)21-25)32-20-24(16-19-38(32)44-41)26-11-7-12-31-29-10-3-6-15-37(29)46-42(26)31/h1-23H. The van der Waals surface area contributed by atoms with E-state index in [0.717, 1.165) is 82.6 Å². The van der Waals surface area contributed by atoms with Gasteiger partial charge in [-0.25, -0.2) is 0 Å². The molecule has 0 amide bonds. The maximum absolute atomic E-state index is 6.58. The minimum atomic E-state index is 0.842. The summed E-state index contributed by atoms with van der Waals surface area (Å²) in [7, 11) is 0. The maximum Gasteiger partial charge on any atom is 0.143 e. The third-order valence-electron chi connectivity index (χ3n) is 9.60. The van der Waals surface area contributed by atoms with Gasteiger partial charge in [0, 0.05) is 60.4 Å². The van der Waals surface area contributed by atoms with E-state index in [1.165, 1.54) is 21.8 Å². The second-order valence-electron chi connectivity index (χ2n) is 12.1. The number of furan rings is 3. The van der Waals surface area contributed by atoms with Crippen molar-refractivity contribution >= 4 is 87.6 Å². The summed E-state index contributed by atoms with van der Waals surface area (Å²) in [6.07, 6.45) is 0. The average Bonchev–Trinajstić information content (AvgIpc) is 3.85. The predicted octanol–water partition coefficient (Wildman–Crippen LogP) is 12.1. The van der Waals surface area contributed by atoms with Crippen LogP contribution in [0.5, 0.6) is 0 Å². The first kappa shape index (κ1) is 24.1. The van der Waals surface area contributed by atoms with Crippen molar-refractivity contribution in [3.63, 3.8) is 0 Å². The van der Waals surface area contributed by atoms with Crippen molar-refractivity contribution < 1.29 is 13.3 Å². The van der Waals surface area contributed by atoms with Gasteiger partial charge in [-0.1, -0.05) is 78.9 Å². The summed E-state index contributed by atoms with van der Waals surface area (Å²) in [5.74, 6) is 0. The molecule has 7 aromatic carbocycles. The lowest BCUT2D eigenvalue weighted by atomic mass is 10.00. The predicted molar refractivity (Wildman–Crippen MR) is 188 cm³/mol. The Bertz CT molecular complexity index is 2980. The van der Waals surface area contributed by atoms with Crippen LogP contribution in [0.2, 0.25) is 0 Å². The van der Waals surface area contributed by atoms with Crippen molar-refractivity contribution in [3.8, 4) is 16.8 Å². The highest BCUT2D eigenvalue weighted by molar-refractivity contribution is 6.16. The Kier molecular flexibility index (Phi) is 4.55. The zero-order valence-electron chi connectivity index (χ0n) is 24.5. The Labute approximate surface area is 261 Å². The lowest BCUT2D eigenvalue weighted by molar-refractivity contribution is 0.664. The van der Waals surface area contributed by atoms with Crippen LogP contribution in [0.3, 0.4) is 0 Å². The minimum absolute atomic E-state index is 0.842. The van der Waals surface area contributed by atoms with Crippen LogP contribution in [-0.4, -0.2) is 4.57 Å². The van der Waals surface area contributed by atoms with Crippen LogP contribution in [0.1, 0.15) is 0 Å². The van der Waals surface area contributed by atoms with Gasteiger partial charge in [-0.3, -0.25) is 0 Å². The van der Waals surface area contributed by atoms with Crippen molar-refractivity contribution in [2.75, 3.05) is 0 Å². The molecule has 4 nitrogen and oxygen atoms in total. The van der Waals surface area contributed by atoms with Gasteiger partial charge in [0.05, 0.1) is 11.0 Å². The first-order valence-corrected chi connectivity index (χ1v) is 15.5. The topological polar surface area (TPSA) is 44.4 Å². The van der Waals surface area contributed by atoms with Gasteiger partial charge < -0.3 is 17.8 Å². The van der Waals surface area contributed by atoms with Crippen molar-refractivity contribution in [1.29, 1.82) is 0 Å². The zero-order chi connectivity index (χ0) is 29.9. The summed E-state index contributed by atoms with van der Waals surface area (Å²) in [6.45, 7) is 0. The highest BCUT2D eigenvalue weighted by atomic mass is 16.3. The Morgan fingerprint density at radius 3 is 1.74 bits per heavy atom. The SMILES string of the molecule is c1ccc2c(c1)oc1c(-c3ccc4oc5cc6c(cc5c4c3)oc3cc(-n4c5ccccc5c5ccccc54)ccc36)cccc12. The molecule has 4 heteroatoms. The van der Waals surface area contributed by atoms with E-state index in [2.05, 4.69) is 132 Å². The van der Waals surface area contributed by atoms with Gasteiger partial charge in [0.25, 0.3) is 0 Å². The fourth-order valence-corrected chi connectivity index (χ4v) is 7.52. The molecule has 0 spiro atoms. The summed E-state index contributed by atoms with van der Waals surface area (Å²) in [5, 5.41) is 8.92. The lowest BCUT2D eigenvalue weighted by Gasteiger charge is -2.07. The third-order valence-corrected chi connectivity index (χ3v) is 9.60. The van der Waals surface area contributed by atoms with Gasteiger partial charge in [0.1, 0.15) is 33.5 Å². The number of para-hydroxylation sites is 4. The number of aromatic nitrogens is 1. The van der Waals surface area contributed by atoms with E-state index in [1.54, 1.807) is 0 Å². The molecule has 0 fully saturated rings. The van der Waals surface area contributed by atoms with E-state index in [-0.39, 0.29) is 0 Å². The maximum atomic E-state index is 6.58. The molecule has 214 valence electrons. The minimum Gasteiger partial charge on any atom is -0.456 e. The van der Waals surface area contributed by atoms with Gasteiger partial charge in [0.2, 0.25) is 0 Å². The lowest BCUT2D eigenvalue weighted by Crippen LogP contribution is -1.93. The first-order chi connectivity index (χ1) is 22.8. The molecule has 11 aromatic rings. The molecule has 11 rings (SSSR count).